The van der Waals surface area contributed by atoms with Crippen LogP contribution in [-0.4, -0.2) is 91.9 Å². The van der Waals surface area contributed by atoms with Crippen LogP contribution in [0.4, 0.5) is 18.9 Å². The van der Waals surface area contributed by atoms with Crippen LogP contribution >= 0.6 is 11.3 Å². The summed E-state index contributed by atoms with van der Waals surface area (Å²) in [6, 6.07) is 7.06. The molecule has 198 valence electrons. The normalized spacial score (nSPS) is 19.8. The summed E-state index contributed by atoms with van der Waals surface area (Å²) in [6.07, 6.45) is -6.02. The van der Waals surface area contributed by atoms with Crippen molar-refractivity contribution in [1.29, 1.82) is 0 Å². The largest absolute Gasteiger partial charge is 0.435 e. The molecule has 1 aromatic carbocycles. The van der Waals surface area contributed by atoms with Gasteiger partial charge in [-0.1, -0.05) is 12.1 Å². The van der Waals surface area contributed by atoms with Crippen molar-refractivity contribution in [2.45, 2.75) is 25.2 Å². The number of aliphatic hydroxyl groups excluding tert-OH is 1. The monoisotopic (exact) mass is 527 g/mol. The Labute approximate surface area is 212 Å². The quantitative estimate of drug-likeness (QED) is 0.573. The van der Waals surface area contributed by atoms with E-state index in [0.29, 0.717) is 37.6 Å². The summed E-state index contributed by atoms with van der Waals surface area (Å²) in [4.78, 5) is 22.4. The number of likely N-dealkylation sites (N-methyl/N-ethyl adjacent to an activating group) is 1. The average Bonchev–Trinajstić information content (AvgIpc) is 3.33. The molecular weight excluding hydrogens is 495 g/mol. The Morgan fingerprint density at radius 3 is 2.56 bits per heavy atom. The third kappa shape index (κ3) is 6.54. The molecule has 1 unspecified atom stereocenters. The molecule has 3 heterocycles. The summed E-state index contributed by atoms with van der Waals surface area (Å²) in [5, 5.41) is 13.2. The van der Waals surface area contributed by atoms with Crippen molar-refractivity contribution in [3.8, 4) is 0 Å². The second kappa shape index (κ2) is 11.4. The number of halogens is 3. The second-order valence-corrected chi connectivity index (χ2v) is 10.3. The van der Waals surface area contributed by atoms with Crippen LogP contribution in [0.5, 0.6) is 0 Å². The zero-order valence-electron chi connectivity index (χ0n) is 20.4. The fraction of sp³-hybridized carbons (Fsp3) is 0.583. The lowest BCUT2D eigenvalue weighted by Crippen LogP contribution is -2.45. The molecule has 0 saturated carbocycles. The molecule has 2 atom stereocenters. The zero-order chi connectivity index (χ0) is 25.9. The van der Waals surface area contributed by atoms with E-state index in [1.54, 1.807) is 6.92 Å². The SMILES string of the molecule is C[C@H](NC(=O)c1sc(C(O)CN2CCN(C)CC2)nc1C(F)(F)F)c1cccc(N2CCOCC2)c1. The number of alkyl halides is 3. The molecule has 1 aromatic heterocycles. The van der Waals surface area contributed by atoms with Crippen LogP contribution < -0.4 is 10.2 Å². The highest BCUT2D eigenvalue weighted by Gasteiger charge is 2.40. The molecule has 36 heavy (non-hydrogen) atoms. The van der Waals surface area contributed by atoms with Gasteiger partial charge in [-0.25, -0.2) is 4.98 Å². The molecule has 2 aromatic rings. The smallest absolute Gasteiger partial charge is 0.385 e. The van der Waals surface area contributed by atoms with Crippen LogP contribution in [0.25, 0.3) is 0 Å². The maximum absolute atomic E-state index is 13.8. The van der Waals surface area contributed by atoms with Gasteiger partial charge < -0.3 is 25.0 Å². The topological polar surface area (TPSA) is 81.2 Å². The number of morpholine rings is 1. The molecule has 4 rings (SSSR count). The molecule has 1 amide bonds. The first-order chi connectivity index (χ1) is 17.1. The number of ether oxygens (including phenoxy) is 1. The highest BCUT2D eigenvalue weighted by atomic mass is 32.1. The molecule has 2 saturated heterocycles. The molecule has 8 nitrogen and oxygen atoms in total. The molecule has 0 bridgehead atoms. The Kier molecular flexibility index (Phi) is 8.51. The minimum Gasteiger partial charge on any atom is -0.385 e. The number of carbonyl (C=O) groups is 1. The van der Waals surface area contributed by atoms with Gasteiger partial charge in [0.25, 0.3) is 5.91 Å². The maximum Gasteiger partial charge on any atom is 0.435 e. The predicted molar refractivity (Wildman–Crippen MR) is 131 cm³/mol. The molecule has 0 aliphatic carbocycles. The number of hydrogen-bond acceptors (Lipinski definition) is 8. The van der Waals surface area contributed by atoms with Crippen LogP contribution in [0.3, 0.4) is 0 Å². The van der Waals surface area contributed by atoms with Gasteiger partial charge in [0.2, 0.25) is 0 Å². The van der Waals surface area contributed by atoms with E-state index in [1.165, 1.54) is 0 Å². The van der Waals surface area contributed by atoms with Crippen molar-refractivity contribution in [2.24, 2.45) is 0 Å². The Morgan fingerprint density at radius 2 is 1.89 bits per heavy atom. The number of carbonyl (C=O) groups excluding carboxylic acids is 1. The van der Waals surface area contributed by atoms with Crippen LogP contribution in [0.2, 0.25) is 0 Å². The maximum atomic E-state index is 13.8. The number of aromatic nitrogens is 1. The summed E-state index contributed by atoms with van der Waals surface area (Å²) in [7, 11) is 2.00. The lowest BCUT2D eigenvalue weighted by molar-refractivity contribution is -0.141. The average molecular weight is 528 g/mol. The van der Waals surface area contributed by atoms with E-state index < -0.39 is 34.8 Å². The van der Waals surface area contributed by atoms with Crippen LogP contribution in [-0.2, 0) is 10.9 Å². The Bertz CT molecular complexity index is 1040. The first-order valence-electron chi connectivity index (χ1n) is 12.0. The van der Waals surface area contributed by atoms with Crippen LogP contribution in [0.1, 0.15) is 45.0 Å². The van der Waals surface area contributed by atoms with Gasteiger partial charge in [0.1, 0.15) is 16.0 Å². The third-order valence-electron chi connectivity index (χ3n) is 6.52. The number of piperazine rings is 1. The first-order valence-corrected chi connectivity index (χ1v) is 12.8. The fourth-order valence-electron chi connectivity index (χ4n) is 4.34. The summed E-state index contributed by atoms with van der Waals surface area (Å²) in [5.41, 5.74) is 0.493. The minimum atomic E-state index is -4.81. The van der Waals surface area contributed by atoms with Gasteiger partial charge in [-0.15, -0.1) is 11.3 Å². The zero-order valence-corrected chi connectivity index (χ0v) is 21.2. The van der Waals surface area contributed by atoms with E-state index >= 15 is 0 Å². The van der Waals surface area contributed by atoms with Gasteiger partial charge in [-0.3, -0.25) is 9.69 Å². The highest BCUT2D eigenvalue weighted by molar-refractivity contribution is 7.13. The minimum absolute atomic E-state index is 0.103. The van der Waals surface area contributed by atoms with Crippen molar-refractivity contribution < 1.29 is 27.8 Å². The lowest BCUT2D eigenvalue weighted by atomic mass is 10.1. The number of rotatable bonds is 7. The van der Waals surface area contributed by atoms with Crippen molar-refractivity contribution in [3.63, 3.8) is 0 Å². The van der Waals surface area contributed by atoms with Gasteiger partial charge in [0.05, 0.1) is 19.3 Å². The number of aliphatic hydroxyl groups is 1. The van der Waals surface area contributed by atoms with Crippen molar-refractivity contribution in [3.05, 3.63) is 45.4 Å². The fourth-order valence-corrected chi connectivity index (χ4v) is 5.30. The Hall–Kier alpha value is -2.25. The van der Waals surface area contributed by atoms with Gasteiger partial charge in [0.15, 0.2) is 5.69 Å². The lowest BCUT2D eigenvalue weighted by Gasteiger charge is -2.33. The van der Waals surface area contributed by atoms with E-state index in [9.17, 15) is 23.1 Å². The number of hydrogen-bond donors (Lipinski definition) is 2. The van der Waals surface area contributed by atoms with Gasteiger partial charge in [0, 0.05) is 51.5 Å². The van der Waals surface area contributed by atoms with Gasteiger partial charge in [-0.2, -0.15) is 13.2 Å². The summed E-state index contributed by atoms with van der Waals surface area (Å²) in [5.74, 6) is -0.859. The number of nitrogens with one attached hydrogen (secondary N) is 1. The van der Waals surface area contributed by atoms with E-state index in [2.05, 4.69) is 20.1 Å². The second-order valence-electron chi connectivity index (χ2n) is 9.24. The molecule has 2 fully saturated rings. The molecule has 2 aliphatic rings. The highest BCUT2D eigenvalue weighted by Crippen LogP contribution is 2.36. The van der Waals surface area contributed by atoms with Crippen molar-refractivity contribution >= 4 is 22.9 Å². The number of benzene rings is 1. The standard InChI is InChI=1S/C24H32F3N5O3S/c1-16(17-4-3-5-18(14-17)32-10-12-35-13-11-32)28-22(34)20-21(24(25,26)27)29-23(36-20)19(33)15-31-8-6-30(2)7-9-31/h3-5,14,16,19,33H,6-13,15H2,1-2H3,(H,28,34)/t16-,19?/m0/s1. The van der Waals surface area contributed by atoms with Crippen molar-refractivity contribution in [1.82, 2.24) is 20.1 Å². The Balaban J connectivity index is 1.47. The first kappa shape index (κ1) is 26.8. The third-order valence-corrected chi connectivity index (χ3v) is 7.68. The molecule has 0 radical (unpaired) electrons. The predicted octanol–water partition coefficient (Wildman–Crippen LogP) is 2.77. The number of anilines is 1. The number of β-amino-alcohol motifs (C(OH)–C–C–N with tert-alkyl or cyclic N) is 1. The molecular formula is C24H32F3N5O3S. The van der Waals surface area contributed by atoms with Crippen LogP contribution in [0, 0.1) is 0 Å². The van der Waals surface area contributed by atoms with E-state index in [1.807, 2.05) is 36.2 Å². The number of thiazole rings is 1. The van der Waals surface area contributed by atoms with Gasteiger partial charge >= 0.3 is 6.18 Å². The van der Waals surface area contributed by atoms with E-state index in [0.717, 1.165) is 37.4 Å². The number of amides is 1. The van der Waals surface area contributed by atoms with Crippen molar-refractivity contribution in [2.75, 3.05) is 71.0 Å². The van der Waals surface area contributed by atoms with E-state index in [4.69, 9.17) is 4.74 Å². The molecule has 2 N–H and O–H groups in total. The van der Waals surface area contributed by atoms with E-state index in [-0.39, 0.29) is 11.6 Å². The molecule has 2 aliphatic heterocycles. The summed E-state index contributed by atoms with van der Waals surface area (Å²) < 4.78 is 46.7. The molecule has 12 heteroatoms. The molecule has 0 spiro atoms. The van der Waals surface area contributed by atoms with Crippen LogP contribution in [0.15, 0.2) is 24.3 Å². The van der Waals surface area contributed by atoms with Gasteiger partial charge in [-0.05, 0) is 31.7 Å². The number of nitrogens with zero attached hydrogens (tertiary/aromatic N) is 4. The summed E-state index contributed by atoms with van der Waals surface area (Å²) in [6.45, 7) is 7.71. The Morgan fingerprint density at radius 1 is 1.19 bits per heavy atom. The summed E-state index contributed by atoms with van der Waals surface area (Å²) >= 11 is 0.602.